The van der Waals surface area contributed by atoms with Crippen molar-refractivity contribution in [3.63, 3.8) is 0 Å². The molecule has 0 aliphatic heterocycles. The Kier molecular flexibility index (Phi) is 11.6. The van der Waals surface area contributed by atoms with Crippen LogP contribution >= 0.6 is 46.2 Å². The van der Waals surface area contributed by atoms with Gasteiger partial charge in [-0.15, -0.1) is 22.7 Å². The molecule has 4 nitrogen and oxygen atoms in total. The van der Waals surface area contributed by atoms with Crippen LogP contribution in [-0.2, 0) is 18.5 Å². The van der Waals surface area contributed by atoms with Gasteiger partial charge < -0.3 is 18.9 Å². The first-order valence-electron chi connectivity index (χ1n) is 27.8. The fourth-order valence-corrected chi connectivity index (χ4v) is 17.2. The molecule has 1 spiro atoms. The summed E-state index contributed by atoms with van der Waals surface area (Å²) >= 11 is 7.39. The third-order valence-electron chi connectivity index (χ3n) is 16.7. The van der Waals surface area contributed by atoms with Crippen LogP contribution in [0.25, 0.3) is 64.5 Å². The van der Waals surface area contributed by atoms with Crippen molar-refractivity contribution in [2.75, 3.05) is 9.80 Å². The summed E-state index contributed by atoms with van der Waals surface area (Å²) in [6.45, 7) is 6.28. The number of hydrogen-bond donors (Lipinski definition) is 0. The second-order valence-electron chi connectivity index (χ2n) is 21.0. The highest BCUT2D eigenvalue weighted by Crippen LogP contribution is 2.66. The molecule has 4 heterocycles. The van der Waals surface area contributed by atoms with E-state index < -0.39 is 5.41 Å². The number of benzene rings is 10. The van der Waals surface area contributed by atoms with Crippen molar-refractivity contribution >= 4 is 124 Å². The van der Waals surface area contributed by atoms with E-state index in [9.17, 15) is 0 Å². The van der Waals surface area contributed by atoms with E-state index in [4.69, 9.17) is 0 Å². The zero-order valence-corrected chi connectivity index (χ0v) is 47.9. The lowest BCUT2D eigenvalue weighted by atomic mass is 9.71. The predicted molar refractivity (Wildman–Crippen MR) is 346 cm³/mol. The molecule has 0 unspecified atom stereocenters. The summed E-state index contributed by atoms with van der Waals surface area (Å²) in [5.41, 5.74) is 19.1. The van der Waals surface area contributed by atoms with Crippen LogP contribution in [0.1, 0.15) is 36.1 Å². The molecule has 0 fully saturated rings. The minimum atomic E-state index is -0.539. The van der Waals surface area contributed by atoms with E-state index in [0.29, 0.717) is 0 Å². The molecule has 0 saturated carbocycles. The molecule has 0 saturated heterocycles. The Morgan fingerprint density at radius 2 is 0.691 bits per heavy atom. The van der Waals surface area contributed by atoms with Crippen molar-refractivity contribution < 1.29 is 0 Å². The Morgan fingerprint density at radius 3 is 1.10 bits per heavy atom. The van der Waals surface area contributed by atoms with Crippen LogP contribution in [0.2, 0.25) is 0 Å². The molecule has 0 atom stereocenters. The van der Waals surface area contributed by atoms with E-state index in [1.807, 2.05) is 46.2 Å². The first-order chi connectivity index (χ1) is 40.0. The van der Waals surface area contributed by atoms with Gasteiger partial charge >= 0.3 is 0 Å². The van der Waals surface area contributed by atoms with Gasteiger partial charge in [0.15, 0.2) is 0 Å². The molecule has 16 rings (SSSR count). The molecule has 2 aliphatic carbocycles. The lowest BCUT2D eigenvalue weighted by molar-refractivity contribution is 0.798. The molecule has 2 aliphatic rings. The second kappa shape index (κ2) is 19.4. The minimum Gasteiger partial charge on any atom is -0.341 e. The summed E-state index contributed by atoms with van der Waals surface area (Å²) < 4.78 is 4.92. The first-order valence-corrected chi connectivity index (χ1v) is 31.2. The average molecular weight is 1110 g/mol. The van der Waals surface area contributed by atoms with Gasteiger partial charge in [-0.2, -0.15) is 0 Å². The van der Waals surface area contributed by atoms with Gasteiger partial charge in [-0.3, -0.25) is 0 Å². The van der Waals surface area contributed by atoms with E-state index in [2.05, 4.69) is 286 Å². The van der Waals surface area contributed by atoms with Crippen LogP contribution in [-0.4, -0.2) is 9.13 Å². The van der Waals surface area contributed by atoms with Crippen LogP contribution in [0.5, 0.6) is 0 Å². The van der Waals surface area contributed by atoms with Crippen LogP contribution in [0, 0.1) is 0 Å². The Bertz CT molecular complexity index is 4440. The van der Waals surface area contributed by atoms with Gasteiger partial charge in [0.2, 0.25) is 0 Å². The van der Waals surface area contributed by atoms with Crippen LogP contribution in [0.4, 0.5) is 34.1 Å². The summed E-state index contributed by atoms with van der Waals surface area (Å²) in [5, 5.41) is 9.67. The molecule has 0 N–H and O–H groups in total. The number of aromatic nitrogens is 2. The van der Waals surface area contributed by atoms with Crippen LogP contribution in [0.15, 0.2) is 273 Å². The predicted octanol–water partition coefficient (Wildman–Crippen LogP) is 21.7. The van der Waals surface area contributed by atoms with E-state index in [1.54, 1.807) is 0 Å². The summed E-state index contributed by atoms with van der Waals surface area (Å²) in [7, 11) is 0. The number of thiophene rings is 2. The molecule has 0 amide bonds. The van der Waals surface area contributed by atoms with Gasteiger partial charge in [0, 0.05) is 120 Å². The second-order valence-corrected chi connectivity index (χ2v) is 25.1. The smallest absolute Gasteiger partial charge is 0.0743 e. The number of anilines is 6. The highest BCUT2D eigenvalue weighted by Gasteiger charge is 2.53. The molecule has 388 valence electrons. The van der Waals surface area contributed by atoms with Crippen molar-refractivity contribution in [3.8, 4) is 20.9 Å². The number of aryl methyl sites for hydroxylation is 2. The molecule has 14 aromatic rings. The zero-order valence-electron chi connectivity index (χ0n) is 44.6. The molecule has 0 bridgehead atoms. The molecule has 4 aromatic heterocycles. The minimum absolute atomic E-state index is 0.539. The quantitative estimate of drug-likeness (QED) is 0.121. The summed E-state index contributed by atoms with van der Waals surface area (Å²) in [5.74, 6) is 0. The van der Waals surface area contributed by atoms with Crippen molar-refractivity contribution in [1.29, 1.82) is 0 Å². The van der Waals surface area contributed by atoms with Crippen molar-refractivity contribution in [2.45, 2.75) is 51.9 Å². The van der Waals surface area contributed by atoms with Gasteiger partial charge in [-0.1, -0.05) is 108 Å². The maximum Gasteiger partial charge on any atom is 0.0743 e. The van der Waals surface area contributed by atoms with Crippen LogP contribution < -0.4 is 9.80 Å². The number of rotatable bonds is 12. The Hall–Kier alpha value is -8.50. The largest absolute Gasteiger partial charge is 0.341 e. The summed E-state index contributed by atoms with van der Waals surface area (Å²) in [4.78, 5) is 12.6. The molecular formula is C73H52N4S4. The maximum atomic E-state index is 2.53. The third kappa shape index (κ3) is 7.58. The highest BCUT2D eigenvalue weighted by atomic mass is 32.2. The Balaban J connectivity index is 0.867. The highest BCUT2D eigenvalue weighted by molar-refractivity contribution is 7.99. The summed E-state index contributed by atoms with van der Waals surface area (Å²) in [6, 6.07) is 90.9. The molecule has 0 radical (unpaired) electrons. The molecule has 10 aromatic carbocycles. The van der Waals surface area contributed by atoms with E-state index in [1.165, 1.54) is 106 Å². The summed E-state index contributed by atoms with van der Waals surface area (Å²) in [6.07, 6.45) is 0. The SMILES string of the molecule is CCn1c2ccc(Sc3ccccc3)cc2c2cc(N(c3ccccc3)c3ccc4c(c3)C3(c5cc(N(c6ccccc6)c6ccc7c(c6)c6cc(Sc8ccccc8)ccc6n7CC)ccc5-4)c4ccsc4-c4sccc43)ccc21. The number of para-hydroxylation sites is 2. The molecular weight excluding hydrogens is 1060 g/mol. The first kappa shape index (κ1) is 48.4. The average Bonchev–Trinajstić information content (AvgIpc) is 1.81. The molecule has 8 heteroatoms. The van der Waals surface area contributed by atoms with E-state index >= 15 is 0 Å². The standard InChI is InChI=1S/C73H52N4S4/c1-3-74-67-33-27-49(41-59(67)61-45-55(29-35-69(61)74)80-53-21-13-7-14-22-53)76(47-17-9-5-10-18-47)51-25-31-57-58-32-26-52(44-66(58)73(65(57)43-51)63-37-39-78-71(63)72-64(73)38-40-79-72)77(48-19-11-6-12-20-48)50-28-34-68-60(42-50)62-46-56(30-36-70(62)75(68)4-2)81-54-23-15-8-16-24-54/h5-46H,3-4H2,1-2H3. The van der Waals surface area contributed by atoms with E-state index in [0.717, 1.165) is 47.2 Å². The lowest BCUT2D eigenvalue weighted by Gasteiger charge is -2.32. The normalized spacial score (nSPS) is 12.9. The number of fused-ring (bicyclic) bond motifs is 16. The van der Waals surface area contributed by atoms with Crippen molar-refractivity contribution in [3.05, 3.63) is 276 Å². The number of nitrogens with zero attached hydrogens (tertiary/aromatic N) is 4. The number of hydrogen-bond acceptors (Lipinski definition) is 6. The van der Waals surface area contributed by atoms with Gasteiger partial charge in [0.1, 0.15) is 0 Å². The van der Waals surface area contributed by atoms with Gasteiger partial charge in [-0.05, 0) is 216 Å². The maximum absolute atomic E-state index is 2.53. The van der Waals surface area contributed by atoms with Gasteiger partial charge in [0.05, 0.1) is 5.41 Å². The van der Waals surface area contributed by atoms with E-state index in [-0.39, 0.29) is 0 Å². The van der Waals surface area contributed by atoms with Crippen LogP contribution in [0.3, 0.4) is 0 Å². The van der Waals surface area contributed by atoms with Gasteiger partial charge in [0.25, 0.3) is 0 Å². The van der Waals surface area contributed by atoms with Crippen molar-refractivity contribution in [1.82, 2.24) is 9.13 Å². The Labute approximate surface area is 487 Å². The fraction of sp³-hybridized carbons (Fsp3) is 0.0685. The lowest BCUT2D eigenvalue weighted by Crippen LogP contribution is -2.26. The topological polar surface area (TPSA) is 16.3 Å². The fourth-order valence-electron chi connectivity index (χ4n) is 13.4. The zero-order chi connectivity index (χ0) is 53.8. The molecule has 81 heavy (non-hydrogen) atoms. The Morgan fingerprint density at radius 1 is 0.333 bits per heavy atom. The third-order valence-corrected chi connectivity index (χ3v) is 20.7. The monoisotopic (exact) mass is 1110 g/mol. The van der Waals surface area contributed by atoms with Crippen molar-refractivity contribution in [2.24, 2.45) is 0 Å². The van der Waals surface area contributed by atoms with Gasteiger partial charge in [-0.25, -0.2) is 0 Å².